The average Bonchev–Trinajstić information content (AvgIpc) is 3.13. The van der Waals surface area contributed by atoms with E-state index in [4.69, 9.17) is 9.47 Å². The van der Waals surface area contributed by atoms with E-state index in [1.807, 2.05) is 6.07 Å². The summed E-state index contributed by atoms with van der Waals surface area (Å²) in [7, 11) is 3.15. The molecule has 1 aromatic carbocycles. The first-order valence-corrected chi connectivity index (χ1v) is 7.72. The van der Waals surface area contributed by atoms with E-state index in [0.717, 1.165) is 5.56 Å². The number of methoxy groups -OCH3 is 2. The molecule has 0 aliphatic rings. The lowest BCUT2D eigenvalue weighted by atomic mass is 10.2. The normalized spacial score (nSPS) is 10.7. The molecule has 0 saturated heterocycles. The van der Waals surface area contributed by atoms with Gasteiger partial charge in [0.05, 0.1) is 14.2 Å². The van der Waals surface area contributed by atoms with Crippen molar-refractivity contribution in [2.24, 2.45) is 0 Å². The average molecular weight is 333 g/mol. The number of fused-ring (bicyclic) bond motifs is 1. The Morgan fingerprint density at radius 3 is 2.74 bits per heavy atom. The van der Waals surface area contributed by atoms with E-state index >= 15 is 0 Å². The predicted molar refractivity (Wildman–Crippen MR) is 86.1 cm³/mol. The van der Waals surface area contributed by atoms with Crippen LogP contribution >= 0.6 is 11.3 Å². The van der Waals surface area contributed by atoms with Crippen molar-refractivity contribution in [3.05, 3.63) is 18.2 Å². The molecule has 0 fully saturated rings. The first kappa shape index (κ1) is 15.2. The maximum Gasteiger partial charge on any atom is 0.236 e. The van der Waals surface area contributed by atoms with Gasteiger partial charge in [0.1, 0.15) is 0 Å². The first-order chi connectivity index (χ1) is 11.2. The monoisotopic (exact) mass is 333 g/mol. The van der Waals surface area contributed by atoms with Gasteiger partial charge in [0.15, 0.2) is 17.3 Å². The van der Waals surface area contributed by atoms with Crippen molar-refractivity contribution < 1.29 is 14.3 Å². The zero-order chi connectivity index (χ0) is 16.4. The molecule has 0 bridgehead atoms. The number of hydrogen-bond donors (Lipinski definition) is 1. The summed E-state index contributed by atoms with van der Waals surface area (Å²) in [5.74, 6) is 1.69. The Morgan fingerprint density at radius 2 is 2.04 bits per heavy atom. The Kier molecular flexibility index (Phi) is 4.11. The number of carbonyl (C=O) groups is 1. The number of nitrogens with one attached hydrogen (secondary N) is 1. The van der Waals surface area contributed by atoms with Gasteiger partial charge in [-0.3, -0.25) is 4.79 Å². The minimum atomic E-state index is -0.0948. The van der Waals surface area contributed by atoms with Gasteiger partial charge >= 0.3 is 0 Å². The smallest absolute Gasteiger partial charge is 0.236 e. The molecule has 2 aromatic heterocycles. The number of hydrogen-bond acceptors (Lipinski definition) is 7. The fourth-order valence-corrected chi connectivity index (χ4v) is 2.79. The Morgan fingerprint density at radius 1 is 1.26 bits per heavy atom. The van der Waals surface area contributed by atoms with Crippen LogP contribution in [0, 0.1) is 0 Å². The summed E-state index contributed by atoms with van der Waals surface area (Å²) in [6.45, 7) is 1.78. The van der Waals surface area contributed by atoms with Crippen LogP contribution in [0.4, 0.5) is 5.13 Å². The van der Waals surface area contributed by atoms with Crippen LogP contribution in [0.15, 0.2) is 18.2 Å². The van der Waals surface area contributed by atoms with E-state index in [-0.39, 0.29) is 5.91 Å². The van der Waals surface area contributed by atoms with Crippen molar-refractivity contribution in [1.29, 1.82) is 0 Å². The molecule has 0 spiro atoms. The van der Waals surface area contributed by atoms with E-state index in [9.17, 15) is 4.79 Å². The van der Waals surface area contributed by atoms with Gasteiger partial charge < -0.3 is 14.8 Å². The van der Waals surface area contributed by atoms with Crippen molar-refractivity contribution in [1.82, 2.24) is 19.8 Å². The fraction of sp³-hybridized carbons (Fsp3) is 0.286. The predicted octanol–water partition coefficient (Wildman–Crippen LogP) is 2.22. The van der Waals surface area contributed by atoms with Crippen molar-refractivity contribution in [2.45, 2.75) is 13.3 Å². The number of rotatable bonds is 5. The van der Waals surface area contributed by atoms with Crippen LogP contribution in [0.25, 0.3) is 16.3 Å². The van der Waals surface area contributed by atoms with Crippen LogP contribution in [0.1, 0.15) is 13.3 Å². The van der Waals surface area contributed by atoms with E-state index in [0.29, 0.717) is 33.8 Å². The Hall–Kier alpha value is -2.68. The first-order valence-electron chi connectivity index (χ1n) is 6.90. The van der Waals surface area contributed by atoms with Gasteiger partial charge in [0.25, 0.3) is 0 Å². The van der Waals surface area contributed by atoms with Gasteiger partial charge in [-0.2, -0.15) is 4.52 Å². The maximum absolute atomic E-state index is 11.5. The molecular weight excluding hydrogens is 318 g/mol. The summed E-state index contributed by atoms with van der Waals surface area (Å²) >= 11 is 1.26. The Bertz CT molecular complexity index is 857. The second-order valence-electron chi connectivity index (χ2n) is 4.60. The molecule has 0 saturated carbocycles. The van der Waals surface area contributed by atoms with Crippen molar-refractivity contribution >= 4 is 27.3 Å². The van der Waals surface area contributed by atoms with Gasteiger partial charge in [-0.1, -0.05) is 18.3 Å². The lowest BCUT2D eigenvalue weighted by Crippen LogP contribution is -2.09. The second kappa shape index (κ2) is 6.21. The van der Waals surface area contributed by atoms with E-state index < -0.39 is 0 Å². The summed E-state index contributed by atoms with van der Waals surface area (Å²) in [5.41, 5.74) is 0.786. The topological polar surface area (TPSA) is 90.6 Å². The summed E-state index contributed by atoms with van der Waals surface area (Å²) in [6, 6.07) is 5.45. The van der Waals surface area contributed by atoms with E-state index in [1.165, 1.54) is 11.3 Å². The molecule has 9 heteroatoms. The summed E-state index contributed by atoms with van der Waals surface area (Å²) in [5, 5.41) is 15.8. The minimum absolute atomic E-state index is 0.0948. The molecule has 0 aliphatic carbocycles. The lowest BCUT2D eigenvalue weighted by Gasteiger charge is -2.08. The number of benzene rings is 1. The molecule has 1 N–H and O–H groups in total. The quantitative estimate of drug-likeness (QED) is 0.770. The molecule has 8 nitrogen and oxygen atoms in total. The highest BCUT2D eigenvalue weighted by Gasteiger charge is 2.16. The molecule has 0 radical (unpaired) electrons. The third-order valence-corrected chi connectivity index (χ3v) is 4.01. The molecule has 120 valence electrons. The molecule has 23 heavy (non-hydrogen) atoms. The number of ether oxygens (including phenoxy) is 2. The third kappa shape index (κ3) is 2.82. The fourth-order valence-electron chi connectivity index (χ4n) is 2.03. The van der Waals surface area contributed by atoms with Crippen molar-refractivity contribution in [3.63, 3.8) is 0 Å². The number of carbonyl (C=O) groups excluding carboxylic acids is 1. The van der Waals surface area contributed by atoms with Crippen LogP contribution < -0.4 is 14.8 Å². The van der Waals surface area contributed by atoms with Gasteiger partial charge in [0, 0.05) is 12.0 Å². The highest BCUT2D eigenvalue weighted by molar-refractivity contribution is 7.20. The van der Waals surface area contributed by atoms with Gasteiger partial charge in [0.2, 0.25) is 16.0 Å². The molecule has 0 atom stereocenters. The highest BCUT2D eigenvalue weighted by Crippen LogP contribution is 2.32. The number of anilines is 1. The third-order valence-electron chi connectivity index (χ3n) is 3.20. The largest absolute Gasteiger partial charge is 0.493 e. The molecule has 3 rings (SSSR count). The van der Waals surface area contributed by atoms with Gasteiger partial charge in [-0.05, 0) is 18.2 Å². The van der Waals surface area contributed by atoms with Gasteiger partial charge in [-0.15, -0.1) is 15.3 Å². The Balaban J connectivity index is 2.01. The number of nitrogens with zero attached hydrogens (tertiary/aromatic N) is 4. The van der Waals surface area contributed by atoms with Crippen molar-refractivity contribution in [3.8, 4) is 22.9 Å². The SMILES string of the molecule is CCC(=O)Nc1nn2c(-c3ccc(OC)c(OC)c3)nnc2s1. The van der Waals surface area contributed by atoms with E-state index in [1.54, 1.807) is 37.8 Å². The van der Waals surface area contributed by atoms with Crippen LogP contribution in [0.3, 0.4) is 0 Å². The summed E-state index contributed by atoms with van der Waals surface area (Å²) in [6.07, 6.45) is 0.392. The Labute approximate surface area is 136 Å². The molecular formula is C14H15N5O3S. The molecule has 0 unspecified atom stereocenters. The van der Waals surface area contributed by atoms with Crippen LogP contribution in [0.5, 0.6) is 11.5 Å². The van der Waals surface area contributed by atoms with Crippen LogP contribution in [-0.4, -0.2) is 39.9 Å². The molecule has 3 aromatic rings. The van der Waals surface area contributed by atoms with Gasteiger partial charge in [-0.25, -0.2) is 0 Å². The van der Waals surface area contributed by atoms with Crippen molar-refractivity contribution in [2.75, 3.05) is 19.5 Å². The van der Waals surface area contributed by atoms with Crippen LogP contribution in [-0.2, 0) is 4.79 Å². The lowest BCUT2D eigenvalue weighted by molar-refractivity contribution is -0.115. The van der Waals surface area contributed by atoms with E-state index in [2.05, 4.69) is 20.6 Å². The molecule has 2 heterocycles. The highest BCUT2D eigenvalue weighted by atomic mass is 32.1. The minimum Gasteiger partial charge on any atom is -0.493 e. The maximum atomic E-state index is 11.5. The summed E-state index contributed by atoms with van der Waals surface area (Å²) < 4.78 is 12.1. The molecule has 0 aliphatic heterocycles. The standard InChI is InChI=1S/C14H15N5O3S/c1-4-11(20)15-13-18-19-12(16-17-14(19)23-13)8-5-6-9(21-2)10(7-8)22-3/h5-7H,4H2,1-3H3,(H,15,18,20). The second-order valence-corrected chi connectivity index (χ2v) is 5.55. The number of aromatic nitrogens is 4. The summed E-state index contributed by atoms with van der Waals surface area (Å²) in [4.78, 5) is 12.1. The number of amides is 1. The van der Waals surface area contributed by atoms with Crippen LogP contribution in [0.2, 0.25) is 0 Å². The zero-order valence-electron chi connectivity index (χ0n) is 12.9. The zero-order valence-corrected chi connectivity index (χ0v) is 13.7. The molecule has 1 amide bonds.